The van der Waals surface area contributed by atoms with Crippen molar-refractivity contribution in [2.45, 2.75) is 13.5 Å². The molecule has 0 fully saturated rings. The number of aliphatic hydroxyl groups is 1. The van der Waals surface area contributed by atoms with Gasteiger partial charge in [0.05, 0.1) is 31.0 Å². The number of esters is 1. The Morgan fingerprint density at radius 2 is 1.76 bits per heavy atom. The van der Waals surface area contributed by atoms with Crippen LogP contribution in [0.3, 0.4) is 0 Å². The number of benzene rings is 2. The Morgan fingerprint density at radius 1 is 1.09 bits per heavy atom. The summed E-state index contributed by atoms with van der Waals surface area (Å²) in [6, 6.07) is 12.1. The number of halogens is 3. The van der Waals surface area contributed by atoms with Crippen LogP contribution in [-0.4, -0.2) is 41.0 Å². The third-order valence-corrected chi connectivity index (χ3v) is 5.35. The van der Waals surface area contributed by atoms with E-state index in [9.17, 15) is 9.90 Å². The van der Waals surface area contributed by atoms with E-state index >= 15 is 0 Å². The van der Waals surface area contributed by atoms with Crippen molar-refractivity contribution in [1.29, 1.82) is 0 Å². The van der Waals surface area contributed by atoms with E-state index in [-0.39, 0.29) is 35.1 Å². The van der Waals surface area contributed by atoms with Crippen LogP contribution in [0.5, 0.6) is 5.75 Å². The zero-order valence-electron chi connectivity index (χ0n) is 18.3. The number of rotatable bonds is 8. The quantitative estimate of drug-likeness (QED) is 0.164. The van der Waals surface area contributed by atoms with Crippen LogP contribution in [0.1, 0.15) is 18.2 Å². The lowest BCUT2D eigenvalue weighted by Crippen LogP contribution is -2.12. The highest BCUT2D eigenvalue weighted by atomic mass is 35.5. The summed E-state index contributed by atoms with van der Waals surface area (Å²) in [5.74, 6) is -0.563. The monoisotopic (exact) mass is 519 g/mol. The molecule has 1 N–H and O–H groups in total. The standard InChI is InChI=1S/C24H20Cl3N3O4/c1-3-34-24(32)19(12-28-11-14-4-6-18(33-2)7-5-14)23(31)22-20(27)21(29-13-30-22)15-8-16(25)10-17(26)9-15/h4-10,12-13,31H,3,11H2,1-2H3. The van der Waals surface area contributed by atoms with Crippen molar-refractivity contribution in [1.82, 2.24) is 9.97 Å². The zero-order valence-corrected chi connectivity index (χ0v) is 20.5. The number of nitrogens with zero attached hydrogens (tertiary/aromatic N) is 3. The Kier molecular flexibility index (Phi) is 8.87. The maximum atomic E-state index is 12.6. The number of aromatic nitrogens is 2. The molecule has 176 valence electrons. The number of ether oxygens (including phenoxy) is 2. The average molecular weight is 521 g/mol. The highest BCUT2D eigenvalue weighted by molar-refractivity contribution is 6.36. The lowest BCUT2D eigenvalue weighted by molar-refractivity contribution is -0.137. The van der Waals surface area contributed by atoms with E-state index in [2.05, 4.69) is 15.0 Å². The molecule has 2 aromatic carbocycles. The number of hydrogen-bond acceptors (Lipinski definition) is 7. The summed E-state index contributed by atoms with van der Waals surface area (Å²) >= 11 is 18.7. The molecule has 10 heteroatoms. The van der Waals surface area contributed by atoms with Gasteiger partial charge in [0.25, 0.3) is 0 Å². The lowest BCUT2D eigenvalue weighted by Gasteiger charge is -2.10. The minimum atomic E-state index is -0.777. The average Bonchev–Trinajstić information content (AvgIpc) is 2.81. The van der Waals surface area contributed by atoms with Crippen molar-refractivity contribution >= 4 is 52.7 Å². The first-order chi connectivity index (χ1) is 16.3. The molecule has 1 aromatic heterocycles. The van der Waals surface area contributed by atoms with Gasteiger partial charge < -0.3 is 14.6 Å². The van der Waals surface area contributed by atoms with Crippen molar-refractivity contribution in [3.63, 3.8) is 0 Å². The molecule has 34 heavy (non-hydrogen) atoms. The Hall–Kier alpha value is -3.13. The summed E-state index contributed by atoms with van der Waals surface area (Å²) in [7, 11) is 1.58. The van der Waals surface area contributed by atoms with Crippen molar-refractivity contribution < 1.29 is 19.4 Å². The van der Waals surface area contributed by atoms with E-state index < -0.39 is 11.7 Å². The summed E-state index contributed by atoms with van der Waals surface area (Å²) in [5, 5.41) is 11.7. The predicted octanol–water partition coefficient (Wildman–Crippen LogP) is 6.22. The fraction of sp³-hybridized carbons (Fsp3) is 0.167. The van der Waals surface area contributed by atoms with Crippen LogP contribution in [0, 0.1) is 0 Å². The fourth-order valence-corrected chi connectivity index (χ4v) is 3.77. The molecule has 3 rings (SSSR count). The number of carbonyl (C=O) groups excluding carboxylic acids is 1. The van der Waals surface area contributed by atoms with Crippen molar-refractivity contribution in [2.24, 2.45) is 4.99 Å². The molecule has 0 saturated carbocycles. The van der Waals surface area contributed by atoms with Gasteiger partial charge in [-0.3, -0.25) is 4.99 Å². The van der Waals surface area contributed by atoms with Gasteiger partial charge in [0.1, 0.15) is 23.3 Å². The topological polar surface area (TPSA) is 93.9 Å². The van der Waals surface area contributed by atoms with Crippen LogP contribution in [0.15, 0.2) is 59.4 Å². The molecule has 0 spiro atoms. The summed E-state index contributed by atoms with van der Waals surface area (Å²) in [6.07, 6.45) is 2.44. The lowest BCUT2D eigenvalue weighted by atomic mass is 10.1. The highest BCUT2D eigenvalue weighted by Crippen LogP contribution is 2.34. The highest BCUT2D eigenvalue weighted by Gasteiger charge is 2.22. The maximum Gasteiger partial charge on any atom is 0.343 e. The summed E-state index contributed by atoms with van der Waals surface area (Å²) < 4.78 is 10.2. The zero-order chi connectivity index (χ0) is 24.7. The SMILES string of the molecule is CCOC(=O)C(C=NCc1ccc(OC)cc1)=C(O)c1ncnc(-c2cc(Cl)cc(Cl)c2)c1Cl. The van der Waals surface area contributed by atoms with Gasteiger partial charge in [-0.15, -0.1) is 0 Å². The second-order valence-electron chi connectivity index (χ2n) is 6.84. The van der Waals surface area contributed by atoms with E-state index in [1.807, 2.05) is 12.1 Å². The molecule has 0 atom stereocenters. The third kappa shape index (κ3) is 6.26. The van der Waals surface area contributed by atoms with Crippen LogP contribution in [-0.2, 0) is 16.1 Å². The minimum Gasteiger partial charge on any atom is -0.505 e. The largest absolute Gasteiger partial charge is 0.505 e. The van der Waals surface area contributed by atoms with Gasteiger partial charge in [0, 0.05) is 21.8 Å². The molecule has 0 aliphatic rings. The number of aliphatic hydroxyl groups excluding tert-OH is 1. The molecule has 0 aliphatic carbocycles. The van der Waals surface area contributed by atoms with E-state index in [1.165, 1.54) is 12.5 Å². The first kappa shape index (κ1) is 25.5. The van der Waals surface area contributed by atoms with E-state index in [4.69, 9.17) is 44.3 Å². The Balaban J connectivity index is 2.00. The van der Waals surface area contributed by atoms with Gasteiger partial charge in [-0.25, -0.2) is 14.8 Å². The van der Waals surface area contributed by atoms with Gasteiger partial charge in [-0.05, 0) is 42.8 Å². The van der Waals surface area contributed by atoms with Crippen LogP contribution < -0.4 is 4.74 Å². The molecule has 0 saturated heterocycles. The van der Waals surface area contributed by atoms with Gasteiger partial charge in [0.2, 0.25) is 0 Å². The van der Waals surface area contributed by atoms with Crippen LogP contribution in [0.4, 0.5) is 0 Å². The van der Waals surface area contributed by atoms with Crippen LogP contribution >= 0.6 is 34.8 Å². The summed E-state index contributed by atoms with van der Waals surface area (Å²) in [5.41, 5.74) is 1.40. The third-order valence-electron chi connectivity index (χ3n) is 4.55. The van der Waals surface area contributed by atoms with Crippen LogP contribution in [0.25, 0.3) is 17.0 Å². The first-order valence-corrected chi connectivity index (χ1v) is 11.2. The molecule has 3 aromatic rings. The molecule has 7 nitrogen and oxygen atoms in total. The summed E-state index contributed by atoms with van der Waals surface area (Å²) in [6.45, 7) is 2.01. The molecule has 0 amide bonds. The number of carbonyl (C=O) groups is 1. The summed E-state index contributed by atoms with van der Waals surface area (Å²) in [4.78, 5) is 25.1. The number of hydrogen-bond donors (Lipinski definition) is 1. The van der Waals surface area contributed by atoms with Gasteiger partial charge in [-0.1, -0.05) is 46.9 Å². The molecule has 0 radical (unpaired) electrons. The molecule has 0 aliphatic heterocycles. The minimum absolute atomic E-state index is 0.00341. The molecule has 0 bridgehead atoms. The normalized spacial score (nSPS) is 11.9. The second kappa shape index (κ2) is 11.8. The smallest absolute Gasteiger partial charge is 0.343 e. The number of aliphatic imine (C=N–C) groups is 1. The molecular weight excluding hydrogens is 501 g/mol. The van der Waals surface area contributed by atoms with Crippen LogP contribution in [0.2, 0.25) is 15.1 Å². The first-order valence-electron chi connectivity index (χ1n) is 10.0. The number of methoxy groups -OCH3 is 1. The van der Waals surface area contributed by atoms with Crippen molar-refractivity contribution in [3.8, 4) is 17.0 Å². The maximum absolute atomic E-state index is 12.6. The Bertz CT molecular complexity index is 1220. The van der Waals surface area contributed by atoms with Crippen molar-refractivity contribution in [3.05, 3.63) is 80.7 Å². The fourth-order valence-electron chi connectivity index (χ4n) is 2.95. The second-order valence-corrected chi connectivity index (χ2v) is 8.09. The Morgan fingerprint density at radius 3 is 2.38 bits per heavy atom. The Labute approximate surface area is 211 Å². The van der Waals surface area contributed by atoms with Crippen molar-refractivity contribution in [2.75, 3.05) is 13.7 Å². The van der Waals surface area contributed by atoms with Gasteiger partial charge in [0.15, 0.2) is 5.76 Å². The van der Waals surface area contributed by atoms with Gasteiger partial charge in [-0.2, -0.15) is 0 Å². The predicted molar refractivity (Wildman–Crippen MR) is 134 cm³/mol. The van der Waals surface area contributed by atoms with E-state index in [0.29, 0.717) is 21.4 Å². The van der Waals surface area contributed by atoms with E-state index in [0.717, 1.165) is 5.56 Å². The molecule has 0 unspecified atom stereocenters. The molecular formula is C24H20Cl3N3O4. The van der Waals surface area contributed by atoms with E-state index in [1.54, 1.807) is 44.4 Å². The van der Waals surface area contributed by atoms with Gasteiger partial charge >= 0.3 is 5.97 Å². The molecule has 1 heterocycles.